The number of carbonyl (C=O) groups excluding carboxylic acids is 1. The second-order valence-electron chi connectivity index (χ2n) is 5.45. The average molecular weight is 269 g/mol. The Morgan fingerprint density at radius 3 is 2.95 bits per heavy atom. The molecule has 1 aromatic heterocycles. The zero-order valence-corrected chi connectivity index (χ0v) is 11.4. The van der Waals surface area contributed by atoms with Crippen LogP contribution in [-0.2, 0) is 4.79 Å². The Kier molecular flexibility index (Phi) is 3.65. The lowest BCUT2D eigenvalue weighted by Crippen LogP contribution is -2.40. The number of nitrogens with two attached hydrogens (primary N) is 1. The fraction of sp³-hybridized carbons (Fsp3) is 0.375. The van der Waals surface area contributed by atoms with E-state index < -0.39 is 0 Å². The molecule has 2 aromatic rings. The minimum absolute atomic E-state index is 0.0135. The fourth-order valence-corrected chi connectivity index (χ4v) is 2.94. The summed E-state index contributed by atoms with van der Waals surface area (Å²) in [7, 11) is 0. The van der Waals surface area contributed by atoms with E-state index in [1.54, 1.807) is 12.4 Å². The molecule has 1 aliphatic carbocycles. The van der Waals surface area contributed by atoms with Gasteiger partial charge in [-0.05, 0) is 25.0 Å². The van der Waals surface area contributed by atoms with Crippen LogP contribution < -0.4 is 11.1 Å². The summed E-state index contributed by atoms with van der Waals surface area (Å²) >= 11 is 0. The van der Waals surface area contributed by atoms with E-state index in [-0.39, 0.29) is 17.9 Å². The molecule has 1 aromatic carbocycles. The Balaban J connectivity index is 1.84. The Labute approximate surface area is 118 Å². The van der Waals surface area contributed by atoms with Crippen molar-refractivity contribution in [3.63, 3.8) is 0 Å². The number of hydrogen-bond acceptors (Lipinski definition) is 3. The van der Waals surface area contributed by atoms with Gasteiger partial charge in [0.1, 0.15) is 0 Å². The van der Waals surface area contributed by atoms with Gasteiger partial charge in [-0.3, -0.25) is 9.78 Å². The Morgan fingerprint density at radius 2 is 2.10 bits per heavy atom. The summed E-state index contributed by atoms with van der Waals surface area (Å²) in [6.07, 6.45) is 7.59. The molecule has 0 saturated heterocycles. The average Bonchev–Trinajstić information content (AvgIpc) is 2.48. The van der Waals surface area contributed by atoms with Crippen LogP contribution in [0.3, 0.4) is 0 Å². The van der Waals surface area contributed by atoms with Crippen molar-refractivity contribution in [2.45, 2.75) is 31.7 Å². The molecule has 20 heavy (non-hydrogen) atoms. The lowest BCUT2D eigenvalue weighted by Gasteiger charge is -2.27. The van der Waals surface area contributed by atoms with Gasteiger partial charge in [0.15, 0.2) is 0 Å². The molecule has 1 fully saturated rings. The van der Waals surface area contributed by atoms with Crippen LogP contribution in [-0.4, -0.2) is 16.9 Å². The largest absolute Gasteiger partial charge is 0.327 e. The predicted molar refractivity (Wildman–Crippen MR) is 80.3 cm³/mol. The van der Waals surface area contributed by atoms with Crippen LogP contribution in [0.25, 0.3) is 10.8 Å². The van der Waals surface area contributed by atoms with Crippen LogP contribution in [0.15, 0.2) is 36.7 Å². The van der Waals surface area contributed by atoms with E-state index in [4.69, 9.17) is 5.73 Å². The molecule has 2 unspecified atom stereocenters. The Bertz CT molecular complexity index is 621. The zero-order valence-electron chi connectivity index (χ0n) is 11.4. The van der Waals surface area contributed by atoms with Crippen molar-refractivity contribution in [1.29, 1.82) is 0 Å². The molecule has 1 amide bonds. The van der Waals surface area contributed by atoms with E-state index >= 15 is 0 Å². The van der Waals surface area contributed by atoms with Crippen LogP contribution in [0.4, 0.5) is 5.69 Å². The van der Waals surface area contributed by atoms with Gasteiger partial charge in [0, 0.05) is 34.9 Å². The minimum atomic E-state index is -0.0687. The maximum absolute atomic E-state index is 12.4. The molecule has 3 N–H and O–H groups in total. The third kappa shape index (κ3) is 2.51. The van der Waals surface area contributed by atoms with E-state index in [2.05, 4.69) is 10.3 Å². The SMILES string of the molecule is NC1CCCCC1C(=O)Nc1cccc2cnccc12. The smallest absolute Gasteiger partial charge is 0.229 e. The summed E-state index contributed by atoms with van der Waals surface area (Å²) < 4.78 is 0. The number of hydrogen-bond donors (Lipinski definition) is 2. The quantitative estimate of drug-likeness (QED) is 0.880. The molecule has 104 valence electrons. The lowest BCUT2D eigenvalue weighted by atomic mass is 9.84. The number of carbonyl (C=O) groups is 1. The molecular weight excluding hydrogens is 250 g/mol. The van der Waals surface area contributed by atoms with E-state index in [9.17, 15) is 4.79 Å². The lowest BCUT2D eigenvalue weighted by molar-refractivity contribution is -0.121. The number of benzene rings is 1. The van der Waals surface area contributed by atoms with Crippen molar-refractivity contribution < 1.29 is 4.79 Å². The van der Waals surface area contributed by atoms with Crippen LogP contribution in [0, 0.1) is 5.92 Å². The first-order valence-electron chi connectivity index (χ1n) is 7.15. The summed E-state index contributed by atoms with van der Waals surface area (Å²) in [6, 6.07) is 7.76. The highest BCUT2D eigenvalue weighted by atomic mass is 16.1. The van der Waals surface area contributed by atoms with Crippen molar-refractivity contribution in [3.05, 3.63) is 36.7 Å². The number of pyridine rings is 1. The van der Waals surface area contributed by atoms with E-state index in [1.807, 2.05) is 24.3 Å². The van der Waals surface area contributed by atoms with E-state index in [0.29, 0.717) is 0 Å². The topological polar surface area (TPSA) is 68.0 Å². The number of fused-ring (bicyclic) bond motifs is 1. The van der Waals surface area contributed by atoms with Gasteiger partial charge in [0.05, 0.1) is 5.92 Å². The van der Waals surface area contributed by atoms with Crippen LogP contribution >= 0.6 is 0 Å². The highest BCUT2D eigenvalue weighted by Gasteiger charge is 2.28. The summed E-state index contributed by atoms with van der Waals surface area (Å²) in [5.41, 5.74) is 6.92. The van der Waals surface area contributed by atoms with Gasteiger partial charge in [0.2, 0.25) is 5.91 Å². The van der Waals surface area contributed by atoms with Gasteiger partial charge in [0.25, 0.3) is 0 Å². The molecule has 4 heteroatoms. The fourth-order valence-electron chi connectivity index (χ4n) is 2.94. The first-order valence-corrected chi connectivity index (χ1v) is 7.15. The maximum atomic E-state index is 12.4. The van der Waals surface area contributed by atoms with E-state index in [0.717, 1.165) is 42.1 Å². The van der Waals surface area contributed by atoms with Crippen molar-refractivity contribution in [1.82, 2.24) is 4.98 Å². The van der Waals surface area contributed by atoms with Gasteiger partial charge < -0.3 is 11.1 Å². The monoisotopic (exact) mass is 269 g/mol. The predicted octanol–water partition coefficient (Wildman–Crippen LogP) is 2.69. The molecule has 1 heterocycles. The van der Waals surface area contributed by atoms with Crippen molar-refractivity contribution in [2.75, 3.05) is 5.32 Å². The number of anilines is 1. The summed E-state index contributed by atoms with van der Waals surface area (Å²) in [5, 5.41) is 5.08. The first-order chi connectivity index (χ1) is 9.75. The third-order valence-corrected chi connectivity index (χ3v) is 4.09. The molecule has 2 atom stereocenters. The number of nitrogens with zero attached hydrogens (tertiary/aromatic N) is 1. The van der Waals surface area contributed by atoms with Gasteiger partial charge >= 0.3 is 0 Å². The molecule has 0 spiro atoms. The standard InChI is InChI=1S/C16H19N3O/c17-14-6-2-1-5-13(14)16(20)19-15-7-3-4-11-10-18-9-8-12(11)15/h3-4,7-10,13-14H,1-2,5-6,17H2,(H,19,20). The number of nitrogens with one attached hydrogen (secondary N) is 1. The van der Waals surface area contributed by atoms with Gasteiger partial charge in [-0.2, -0.15) is 0 Å². The highest BCUT2D eigenvalue weighted by molar-refractivity contribution is 6.02. The van der Waals surface area contributed by atoms with Gasteiger partial charge in [-0.15, -0.1) is 0 Å². The number of amides is 1. The third-order valence-electron chi connectivity index (χ3n) is 4.09. The molecular formula is C16H19N3O. The zero-order chi connectivity index (χ0) is 13.9. The summed E-state index contributed by atoms with van der Waals surface area (Å²) in [5.74, 6) is -0.0256. The van der Waals surface area contributed by atoms with Crippen LogP contribution in [0.5, 0.6) is 0 Å². The van der Waals surface area contributed by atoms with Crippen molar-refractivity contribution >= 4 is 22.4 Å². The summed E-state index contributed by atoms with van der Waals surface area (Å²) in [4.78, 5) is 16.5. The van der Waals surface area contributed by atoms with Crippen LogP contribution in [0.1, 0.15) is 25.7 Å². The van der Waals surface area contributed by atoms with Gasteiger partial charge in [-0.25, -0.2) is 0 Å². The Hall–Kier alpha value is -1.94. The molecule has 0 radical (unpaired) electrons. The maximum Gasteiger partial charge on any atom is 0.229 e. The molecule has 1 saturated carbocycles. The normalized spacial score (nSPS) is 22.6. The highest BCUT2D eigenvalue weighted by Crippen LogP contribution is 2.27. The minimum Gasteiger partial charge on any atom is -0.327 e. The van der Waals surface area contributed by atoms with Crippen molar-refractivity contribution in [2.24, 2.45) is 11.7 Å². The molecule has 4 nitrogen and oxygen atoms in total. The second-order valence-corrected chi connectivity index (χ2v) is 5.45. The van der Waals surface area contributed by atoms with E-state index in [1.165, 1.54) is 0 Å². The van der Waals surface area contributed by atoms with Gasteiger partial charge in [-0.1, -0.05) is 25.0 Å². The van der Waals surface area contributed by atoms with Crippen LogP contribution in [0.2, 0.25) is 0 Å². The second kappa shape index (κ2) is 5.59. The van der Waals surface area contributed by atoms with Crippen molar-refractivity contribution in [3.8, 4) is 0 Å². The molecule has 0 bridgehead atoms. The molecule has 0 aliphatic heterocycles. The number of aromatic nitrogens is 1. The molecule has 3 rings (SSSR count). The molecule has 1 aliphatic rings. The first kappa shape index (κ1) is 13.1. The number of rotatable bonds is 2. The Morgan fingerprint density at radius 1 is 1.25 bits per heavy atom. The summed E-state index contributed by atoms with van der Waals surface area (Å²) in [6.45, 7) is 0.